The largest absolute Gasteiger partial charge is 0.381 e. The first-order valence-electron chi connectivity index (χ1n) is 7.36. The van der Waals surface area contributed by atoms with Gasteiger partial charge in [0, 0.05) is 24.3 Å². The molecule has 0 heterocycles. The van der Waals surface area contributed by atoms with Crippen LogP contribution in [0.5, 0.6) is 0 Å². The summed E-state index contributed by atoms with van der Waals surface area (Å²) in [6, 6.07) is 8.54. The molecule has 0 saturated heterocycles. The Morgan fingerprint density at radius 1 is 1.32 bits per heavy atom. The van der Waals surface area contributed by atoms with Crippen molar-refractivity contribution in [2.75, 3.05) is 19.8 Å². The highest BCUT2D eigenvalue weighted by atomic mass is 35.5. The molecule has 2 rings (SSSR count). The molecule has 0 bridgehead atoms. The number of hydrogen-bond donors (Lipinski definition) is 1. The standard InChI is InChI=1S/C16H24ClNO/c1-2-16(14-6-8-15(17)9-7-14)18-10-3-11-19-12-13-4-5-13/h6-9,13,16,18H,2-5,10-12H2,1H3. The van der Waals surface area contributed by atoms with Gasteiger partial charge in [-0.05, 0) is 55.8 Å². The van der Waals surface area contributed by atoms with Crippen molar-refractivity contribution in [3.05, 3.63) is 34.9 Å². The number of benzene rings is 1. The minimum atomic E-state index is 0.417. The van der Waals surface area contributed by atoms with Crippen molar-refractivity contribution in [1.29, 1.82) is 0 Å². The van der Waals surface area contributed by atoms with Crippen LogP contribution in [0.25, 0.3) is 0 Å². The molecular weight excluding hydrogens is 258 g/mol. The maximum absolute atomic E-state index is 5.91. The highest BCUT2D eigenvalue weighted by Crippen LogP contribution is 2.28. The van der Waals surface area contributed by atoms with Crippen LogP contribution in [-0.4, -0.2) is 19.8 Å². The van der Waals surface area contributed by atoms with Gasteiger partial charge in [0.15, 0.2) is 0 Å². The second-order valence-corrected chi connectivity index (χ2v) is 5.77. The predicted octanol–water partition coefficient (Wildman–Crippen LogP) is 4.20. The van der Waals surface area contributed by atoms with Gasteiger partial charge in [-0.25, -0.2) is 0 Å². The third-order valence-electron chi connectivity index (χ3n) is 3.59. The monoisotopic (exact) mass is 281 g/mol. The summed E-state index contributed by atoms with van der Waals surface area (Å²) in [6.07, 6.45) is 4.90. The van der Waals surface area contributed by atoms with Gasteiger partial charge in [0.2, 0.25) is 0 Å². The van der Waals surface area contributed by atoms with Gasteiger partial charge in [0.25, 0.3) is 0 Å². The highest BCUT2D eigenvalue weighted by molar-refractivity contribution is 6.30. The molecule has 1 atom stereocenters. The summed E-state index contributed by atoms with van der Waals surface area (Å²) in [6.45, 7) is 5.05. The average Bonchev–Trinajstić information content (AvgIpc) is 3.24. The number of halogens is 1. The quantitative estimate of drug-likeness (QED) is 0.685. The van der Waals surface area contributed by atoms with Gasteiger partial charge in [-0.2, -0.15) is 0 Å². The third kappa shape index (κ3) is 5.52. The van der Waals surface area contributed by atoms with Crippen LogP contribution in [0.15, 0.2) is 24.3 Å². The van der Waals surface area contributed by atoms with Gasteiger partial charge in [0.1, 0.15) is 0 Å². The lowest BCUT2D eigenvalue weighted by molar-refractivity contribution is 0.121. The van der Waals surface area contributed by atoms with Crippen LogP contribution in [0.1, 0.15) is 44.2 Å². The molecule has 1 saturated carbocycles. The zero-order chi connectivity index (χ0) is 13.5. The fraction of sp³-hybridized carbons (Fsp3) is 0.625. The molecule has 1 fully saturated rings. The van der Waals surface area contributed by atoms with Gasteiger partial charge in [-0.3, -0.25) is 0 Å². The lowest BCUT2D eigenvalue weighted by Crippen LogP contribution is -2.22. The average molecular weight is 282 g/mol. The van der Waals surface area contributed by atoms with Gasteiger partial charge < -0.3 is 10.1 Å². The van der Waals surface area contributed by atoms with Crippen LogP contribution in [0.4, 0.5) is 0 Å². The van der Waals surface area contributed by atoms with Gasteiger partial charge in [0.05, 0.1) is 0 Å². The lowest BCUT2D eigenvalue weighted by atomic mass is 10.0. The van der Waals surface area contributed by atoms with Crippen molar-refractivity contribution in [3.8, 4) is 0 Å². The smallest absolute Gasteiger partial charge is 0.0494 e. The van der Waals surface area contributed by atoms with Crippen molar-refractivity contribution < 1.29 is 4.74 Å². The Kier molecular flexibility index (Phi) is 6.15. The maximum Gasteiger partial charge on any atom is 0.0494 e. The maximum atomic E-state index is 5.91. The van der Waals surface area contributed by atoms with Crippen molar-refractivity contribution in [3.63, 3.8) is 0 Å². The molecule has 2 nitrogen and oxygen atoms in total. The molecule has 1 aromatic carbocycles. The summed E-state index contributed by atoms with van der Waals surface area (Å²) in [7, 11) is 0. The Labute approximate surface area is 121 Å². The van der Waals surface area contributed by atoms with Crippen molar-refractivity contribution >= 4 is 11.6 Å². The first-order chi connectivity index (χ1) is 9.29. The molecule has 1 aliphatic carbocycles. The second kappa shape index (κ2) is 7.88. The SMILES string of the molecule is CCC(NCCCOCC1CC1)c1ccc(Cl)cc1. The molecule has 19 heavy (non-hydrogen) atoms. The minimum absolute atomic E-state index is 0.417. The summed E-state index contributed by atoms with van der Waals surface area (Å²) >= 11 is 5.91. The third-order valence-corrected chi connectivity index (χ3v) is 3.84. The van der Waals surface area contributed by atoms with Crippen LogP contribution in [0.2, 0.25) is 5.02 Å². The van der Waals surface area contributed by atoms with Crippen LogP contribution in [-0.2, 0) is 4.74 Å². The Bertz CT molecular complexity index is 362. The van der Waals surface area contributed by atoms with E-state index >= 15 is 0 Å². The van der Waals surface area contributed by atoms with E-state index in [-0.39, 0.29) is 0 Å². The van der Waals surface area contributed by atoms with E-state index in [1.165, 1.54) is 18.4 Å². The fourth-order valence-corrected chi connectivity index (χ4v) is 2.30. The first kappa shape index (κ1) is 14.8. The molecule has 1 aromatic rings. The van der Waals surface area contributed by atoms with E-state index in [9.17, 15) is 0 Å². The second-order valence-electron chi connectivity index (χ2n) is 5.34. The van der Waals surface area contributed by atoms with E-state index in [1.807, 2.05) is 12.1 Å². The normalized spacial score (nSPS) is 16.5. The molecule has 106 valence electrons. The molecule has 1 aliphatic rings. The van der Waals surface area contributed by atoms with Crippen molar-refractivity contribution in [2.24, 2.45) is 5.92 Å². The van der Waals surface area contributed by atoms with Crippen molar-refractivity contribution in [2.45, 2.75) is 38.6 Å². The van der Waals surface area contributed by atoms with Gasteiger partial charge in [-0.15, -0.1) is 0 Å². The van der Waals surface area contributed by atoms with Gasteiger partial charge in [-0.1, -0.05) is 30.7 Å². The molecule has 0 aliphatic heterocycles. The Balaban J connectivity index is 1.62. The molecule has 0 aromatic heterocycles. The fourth-order valence-electron chi connectivity index (χ4n) is 2.18. The van der Waals surface area contributed by atoms with E-state index in [4.69, 9.17) is 16.3 Å². The van der Waals surface area contributed by atoms with Gasteiger partial charge >= 0.3 is 0 Å². The number of ether oxygens (including phenoxy) is 1. The number of hydrogen-bond acceptors (Lipinski definition) is 2. The molecule has 1 N–H and O–H groups in total. The summed E-state index contributed by atoms with van der Waals surface area (Å²) in [4.78, 5) is 0. The van der Waals surface area contributed by atoms with Crippen LogP contribution in [0, 0.1) is 5.92 Å². The Morgan fingerprint density at radius 3 is 2.68 bits per heavy atom. The van der Waals surface area contributed by atoms with Crippen LogP contribution in [0.3, 0.4) is 0 Å². The van der Waals surface area contributed by atoms with E-state index in [0.717, 1.165) is 43.5 Å². The molecule has 0 amide bonds. The Morgan fingerprint density at radius 2 is 2.05 bits per heavy atom. The summed E-state index contributed by atoms with van der Waals surface area (Å²) in [5.41, 5.74) is 1.31. The van der Waals surface area contributed by atoms with E-state index in [1.54, 1.807) is 0 Å². The molecule has 3 heteroatoms. The predicted molar refractivity (Wildman–Crippen MR) is 80.6 cm³/mol. The Hall–Kier alpha value is -0.570. The molecule has 0 radical (unpaired) electrons. The van der Waals surface area contributed by atoms with Crippen LogP contribution >= 0.6 is 11.6 Å². The molecule has 0 spiro atoms. The lowest BCUT2D eigenvalue weighted by Gasteiger charge is -2.17. The van der Waals surface area contributed by atoms with E-state index in [2.05, 4.69) is 24.4 Å². The summed E-state index contributed by atoms with van der Waals surface area (Å²) in [5, 5.41) is 4.38. The zero-order valence-corrected chi connectivity index (χ0v) is 12.5. The topological polar surface area (TPSA) is 21.3 Å². The van der Waals surface area contributed by atoms with E-state index in [0.29, 0.717) is 6.04 Å². The molecular formula is C16H24ClNO. The minimum Gasteiger partial charge on any atom is -0.381 e. The summed E-state index contributed by atoms with van der Waals surface area (Å²) < 4.78 is 5.64. The number of nitrogens with one attached hydrogen (secondary N) is 1. The highest BCUT2D eigenvalue weighted by Gasteiger charge is 2.20. The first-order valence-corrected chi connectivity index (χ1v) is 7.74. The van der Waals surface area contributed by atoms with Crippen molar-refractivity contribution in [1.82, 2.24) is 5.32 Å². The van der Waals surface area contributed by atoms with E-state index < -0.39 is 0 Å². The van der Waals surface area contributed by atoms with Crippen LogP contribution < -0.4 is 5.32 Å². The number of rotatable bonds is 9. The summed E-state index contributed by atoms with van der Waals surface area (Å²) in [5.74, 6) is 0.866. The molecule has 1 unspecified atom stereocenters. The zero-order valence-electron chi connectivity index (χ0n) is 11.7.